The van der Waals surface area contributed by atoms with Gasteiger partial charge in [-0.15, -0.1) is 0 Å². The molecule has 2 nitrogen and oxygen atoms in total. The minimum atomic E-state index is 0.594. The van der Waals surface area contributed by atoms with Gasteiger partial charge in [-0.2, -0.15) is 0 Å². The van der Waals surface area contributed by atoms with Crippen LogP contribution < -0.4 is 0 Å². The van der Waals surface area contributed by atoms with Crippen molar-refractivity contribution in [3.05, 3.63) is 17.5 Å². The van der Waals surface area contributed by atoms with E-state index in [4.69, 9.17) is 16.7 Å². The van der Waals surface area contributed by atoms with Crippen molar-refractivity contribution in [2.24, 2.45) is 5.92 Å². The van der Waals surface area contributed by atoms with Gasteiger partial charge >= 0.3 is 0 Å². The molecule has 0 bridgehead atoms. The summed E-state index contributed by atoms with van der Waals surface area (Å²) in [4.78, 5) is 0.786. The molecule has 66 valence electrons. The average Bonchev–Trinajstić information content (AvgIpc) is 2.34. The fourth-order valence-electron chi connectivity index (χ4n) is 0.977. The maximum absolute atomic E-state index is 5.10. The Morgan fingerprint density at radius 2 is 2.33 bits per heavy atom. The lowest BCUT2D eigenvalue weighted by Crippen LogP contribution is -1.91. The summed E-state index contributed by atoms with van der Waals surface area (Å²) in [6.45, 7) is 6.14. The molecule has 1 heterocycles. The van der Waals surface area contributed by atoms with Crippen molar-refractivity contribution < 1.29 is 4.52 Å². The standard InChI is InChI=1S/C9H13NOS/c1-6(2)4-8-5-9(7(3)12)10-11-8/h5-6H,4H2,1-3H3. The summed E-state index contributed by atoms with van der Waals surface area (Å²) >= 11 is 4.97. The molecule has 0 aliphatic rings. The van der Waals surface area contributed by atoms with Crippen LogP contribution in [0.25, 0.3) is 0 Å². The number of rotatable bonds is 3. The summed E-state index contributed by atoms with van der Waals surface area (Å²) in [5.41, 5.74) is 0.792. The van der Waals surface area contributed by atoms with Gasteiger partial charge in [0.2, 0.25) is 0 Å². The quantitative estimate of drug-likeness (QED) is 0.532. The van der Waals surface area contributed by atoms with Crippen LogP contribution in [-0.2, 0) is 6.42 Å². The van der Waals surface area contributed by atoms with Gasteiger partial charge in [0.1, 0.15) is 11.5 Å². The molecule has 0 amide bonds. The van der Waals surface area contributed by atoms with Gasteiger partial charge < -0.3 is 4.52 Å². The lowest BCUT2D eigenvalue weighted by molar-refractivity contribution is 0.368. The van der Waals surface area contributed by atoms with E-state index in [1.54, 1.807) is 0 Å². The van der Waals surface area contributed by atoms with Crippen molar-refractivity contribution in [2.45, 2.75) is 27.2 Å². The highest BCUT2D eigenvalue weighted by Crippen LogP contribution is 2.10. The van der Waals surface area contributed by atoms with Crippen molar-refractivity contribution in [3.63, 3.8) is 0 Å². The highest BCUT2D eigenvalue weighted by molar-refractivity contribution is 7.80. The summed E-state index contributed by atoms with van der Waals surface area (Å²) in [6.07, 6.45) is 0.926. The summed E-state index contributed by atoms with van der Waals surface area (Å²) < 4.78 is 5.10. The molecule has 0 aliphatic heterocycles. The number of thiocarbonyl (C=S) groups is 1. The zero-order chi connectivity index (χ0) is 9.14. The third-order valence-corrected chi connectivity index (χ3v) is 1.74. The van der Waals surface area contributed by atoms with Crippen LogP contribution in [0.5, 0.6) is 0 Å². The van der Waals surface area contributed by atoms with Crippen molar-refractivity contribution >= 4 is 17.1 Å². The highest BCUT2D eigenvalue weighted by Gasteiger charge is 2.06. The molecular formula is C9H13NOS. The van der Waals surface area contributed by atoms with E-state index in [9.17, 15) is 0 Å². The van der Waals surface area contributed by atoms with E-state index in [1.807, 2.05) is 13.0 Å². The van der Waals surface area contributed by atoms with E-state index in [2.05, 4.69) is 19.0 Å². The van der Waals surface area contributed by atoms with Crippen molar-refractivity contribution in [2.75, 3.05) is 0 Å². The smallest absolute Gasteiger partial charge is 0.137 e. The minimum Gasteiger partial charge on any atom is -0.361 e. The van der Waals surface area contributed by atoms with Crippen molar-refractivity contribution in [3.8, 4) is 0 Å². The van der Waals surface area contributed by atoms with Gasteiger partial charge in [-0.3, -0.25) is 0 Å². The fraction of sp³-hybridized carbons (Fsp3) is 0.556. The topological polar surface area (TPSA) is 26.0 Å². The van der Waals surface area contributed by atoms with E-state index >= 15 is 0 Å². The Hall–Kier alpha value is -0.700. The zero-order valence-corrected chi connectivity index (χ0v) is 8.44. The first kappa shape index (κ1) is 9.39. The number of hydrogen-bond acceptors (Lipinski definition) is 3. The average molecular weight is 183 g/mol. The van der Waals surface area contributed by atoms with Gasteiger partial charge in [-0.25, -0.2) is 0 Å². The van der Waals surface area contributed by atoms with Crippen LogP contribution in [0.2, 0.25) is 0 Å². The maximum Gasteiger partial charge on any atom is 0.137 e. The molecule has 0 saturated heterocycles. The molecule has 0 spiro atoms. The van der Waals surface area contributed by atoms with Crippen molar-refractivity contribution in [1.29, 1.82) is 0 Å². The lowest BCUT2D eigenvalue weighted by atomic mass is 10.1. The first-order chi connectivity index (χ1) is 5.59. The van der Waals surface area contributed by atoms with Crippen LogP contribution in [0.15, 0.2) is 10.6 Å². The van der Waals surface area contributed by atoms with Gasteiger partial charge in [0.05, 0.1) is 0 Å². The monoisotopic (exact) mass is 183 g/mol. The molecule has 1 aromatic rings. The summed E-state index contributed by atoms with van der Waals surface area (Å²) in [5.74, 6) is 1.51. The molecule has 1 aromatic heterocycles. The first-order valence-electron chi connectivity index (χ1n) is 4.06. The largest absolute Gasteiger partial charge is 0.361 e. The molecule has 3 heteroatoms. The fourth-order valence-corrected chi connectivity index (χ4v) is 1.07. The van der Waals surface area contributed by atoms with Gasteiger partial charge in [-0.1, -0.05) is 31.2 Å². The summed E-state index contributed by atoms with van der Waals surface area (Å²) in [6, 6.07) is 1.92. The molecule has 1 rings (SSSR count). The molecule has 0 fully saturated rings. The van der Waals surface area contributed by atoms with E-state index in [0.717, 1.165) is 22.7 Å². The lowest BCUT2D eigenvalue weighted by Gasteiger charge is -1.96. The zero-order valence-electron chi connectivity index (χ0n) is 7.63. The van der Waals surface area contributed by atoms with Gasteiger partial charge in [-0.05, 0) is 12.8 Å². The normalized spacial score (nSPS) is 10.7. The SMILES string of the molecule is CC(=S)c1cc(CC(C)C)on1. The van der Waals surface area contributed by atoms with Crippen LogP contribution in [0.3, 0.4) is 0 Å². The summed E-state index contributed by atoms with van der Waals surface area (Å²) in [7, 11) is 0. The predicted octanol–water partition coefficient (Wildman–Crippen LogP) is 2.61. The first-order valence-corrected chi connectivity index (χ1v) is 4.47. The Bertz CT molecular complexity index is 278. The van der Waals surface area contributed by atoms with E-state index in [-0.39, 0.29) is 0 Å². The molecule has 0 radical (unpaired) electrons. The Morgan fingerprint density at radius 3 is 2.75 bits per heavy atom. The second-order valence-electron chi connectivity index (χ2n) is 3.33. The highest BCUT2D eigenvalue weighted by atomic mass is 32.1. The molecule has 0 N–H and O–H groups in total. The Balaban J connectivity index is 2.71. The van der Waals surface area contributed by atoms with Crippen LogP contribution in [0, 0.1) is 5.92 Å². The molecule has 0 aliphatic carbocycles. The van der Waals surface area contributed by atoms with Crippen LogP contribution in [0.1, 0.15) is 32.2 Å². The number of nitrogens with zero attached hydrogens (tertiary/aromatic N) is 1. The Morgan fingerprint density at radius 1 is 1.67 bits per heavy atom. The number of hydrogen-bond donors (Lipinski definition) is 0. The maximum atomic E-state index is 5.10. The Kier molecular flexibility index (Phi) is 2.98. The van der Waals surface area contributed by atoms with Gasteiger partial charge in [0.15, 0.2) is 0 Å². The molecule has 0 saturated carbocycles. The van der Waals surface area contributed by atoms with E-state index < -0.39 is 0 Å². The van der Waals surface area contributed by atoms with Gasteiger partial charge in [0, 0.05) is 17.4 Å². The molecule has 0 atom stereocenters. The second kappa shape index (κ2) is 3.81. The Labute approximate surface area is 77.9 Å². The third-order valence-electron chi connectivity index (χ3n) is 1.53. The van der Waals surface area contributed by atoms with Crippen LogP contribution in [0.4, 0.5) is 0 Å². The summed E-state index contributed by atoms with van der Waals surface area (Å²) in [5, 5.41) is 3.85. The van der Waals surface area contributed by atoms with E-state index in [1.165, 1.54) is 0 Å². The molecule has 0 unspecified atom stereocenters. The van der Waals surface area contributed by atoms with Crippen LogP contribution >= 0.6 is 12.2 Å². The van der Waals surface area contributed by atoms with Crippen LogP contribution in [-0.4, -0.2) is 10.0 Å². The molecular weight excluding hydrogens is 170 g/mol. The third kappa shape index (κ3) is 2.41. The second-order valence-corrected chi connectivity index (χ2v) is 3.94. The molecule has 0 aromatic carbocycles. The van der Waals surface area contributed by atoms with E-state index in [0.29, 0.717) is 5.92 Å². The van der Waals surface area contributed by atoms with Crippen molar-refractivity contribution in [1.82, 2.24) is 5.16 Å². The van der Waals surface area contributed by atoms with Gasteiger partial charge in [0.25, 0.3) is 0 Å². The number of aromatic nitrogens is 1. The minimum absolute atomic E-state index is 0.594. The molecule has 12 heavy (non-hydrogen) atoms. The predicted molar refractivity (Wildman–Crippen MR) is 52.4 cm³/mol.